The molecule has 1 atom stereocenters. The fourth-order valence-corrected chi connectivity index (χ4v) is 2.44. The number of halogens is 1. The predicted molar refractivity (Wildman–Crippen MR) is 74.7 cm³/mol. The van der Waals surface area contributed by atoms with E-state index >= 15 is 0 Å². The Morgan fingerprint density at radius 3 is 2.65 bits per heavy atom. The van der Waals surface area contributed by atoms with E-state index in [9.17, 15) is 0 Å². The van der Waals surface area contributed by atoms with Gasteiger partial charge < -0.3 is 10.1 Å². The Bertz CT molecular complexity index is 392. The molecule has 1 aliphatic heterocycles. The molecule has 1 aromatic carbocycles. The van der Waals surface area contributed by atoms with Crippen molar-refractivity contribution in [2.45, 2.75) is 38.7 Å². The minimum absolute atomic E-state index is 0.177. The number of nitrogens with one attached hydrogen (secondary N) is 1. The SMILES string of the molecule is CC(C)(C)c1ccc(OC2CCNC2)c(Br)c1. The van der Waals surface area contributed by atoms with Crippen molar-refractivity contribution in [3.8, 4) is 5.75 Å². The van der Waals surface area contributed by atoms with E-state index in [2.05, 4.69) is 60.2 Å². The number of ether oxygens (including phenoxy) is 1. The molecule has 2 nitrogen and oxygen atoms in total. The van der Waals surface area contributed by atoms with Crippen LogP contribution in [0.3, 0.4) is 0 Å². The van der Waals surface area contributed by atoms with Crippen LogP contribution in [0.2, 0.25) is 0 Å². The van der Waals surface area contributed by atoms with Gasteiger partial charge in [0, 0.05) is 6.54 Å². The van der Waals surface area contributed by atoms with Gasteiger partial charge in [0.1, 0.15) is 11.9 Å². The molecule has 1 unspecified atom stereocenters. The highest BCUT2D eigenvalue weighted by Gasteiger charge is 2.19. The smallest absolute Gasteiger partial charge is 0.133 e. The highest BCUT2D eigenvalue weighted by molar-refractivity contribution is 9.10. The van der Waals surface area contributed by atoms with Gasteiger partial charge in [-0.3, -0.25) is 0 Å². The van der Waals surface area contributed by atoms with Crippen molar-refractivity contribution in [2.75, 3.05) is 13.1 Å². The molecular formula is C14H20BrNO. The summed E-state index contributed by atoms with van der Waals surface area (Å²) in [7, 11) is 0. The second-order valence-corrected chi connectivity index (χ2v) is 6.48. The zero-order chi connectivity index (χ0) is 12.5. The summed E-state index contributed by atoms with van der Waals surface area (Å²) in [4.78, 5) is 0. The Kier molecular flexibility index (Phi) is 3.79. The Morgan fingerprint density at radius 2 is 2.12 bits per heavy atom. The van der Waals surface area contributed by atoms with Crippen molar-refractivity contribution < 1.29 is 4.74 Å². The molecular weight excluding hydrogens is 278 g/mol. The fraction of sp³-hybridized carbons (Fsp3) is 0.571. The van der Waals surface area contributed by atoms with Crippen molar-refractivity contribution in [3.05, 3.63) is 28.2 Å². The molecule has 3 heteroatoms. The third-order valence-electron chi connectivity index (χ3n) is 3.11. The highest BCUT2D eigenvalue weighted by Crippen LogP contribution is 2.32. The Labute approximate surface area is 112 Å². The van der Waals surface area contributed by atoms with Gasteiger partial charge in [0.05, 0.1) is 4.47 Å². The van der Waals surface area contributed by atoms with Crippen LogP contribution in [0.4, 0.5) is 0 Å². The van der Waals surface area contributed by atoms with Crippen molar-refractivity contribution in [2.24, 2.45) is 0 Å². The van der Waals surface area contributed by atoms with Gasteiger partial charge in [-0.15, -0.1) is 0 Å². The molecule has 17 heavy (non-hydrogen) atoms. The molecule has 0 spiro atoms. The summed E-state index contributed by atoms with van der Waals surface area (Å²) in [6.45, 7) is 8.67. The quantitative estimate of drug-likeness (QED) is 0.902. The molecule has 1 fully saturated rings. The lowest BCUT2D eigenvalue weighted by atomic mass is 9.87. The van der Waals surface area contributed by atoms with E-state index < -0.39 is 0 Å². The maximum atomic E-state index is 5.96. The highest BCUT2D eigenvalue weighted by atomic mass is 79.9. The Hall–Kier alpha value is -0.540. The van der Waals surface area contributed by atoms with Gasteiger partial charge in [-0.05, 0) is 52.0 Å². The maximum absolute atomic E-state index is 5.96. The third kappa shape index (κ3) is 3.23. The van der Waals surface area contributed by atoms with Crippen molar-refractivity contribution in [3.63, 3.8) is 0 Å². The first-order chi connectivity index (χ1) is 7.97. The van der Waals surface area contributed by atoms with E-state index in [1.165, 1.54) is 5.56 Å². The van der Waals surface area contributed by atoms with E-state index in [-0.39, 0.29) is 5.41 Å². The molecule has 1 aliphatic rings. The number of benzene rings is 1. The summed E-state index contributed by atoms with van der Waals surface area (Å²) in [6.07, 6.45) is 1.40. The maximum Gasteiger partial charge on any atom is 0.133 e. The molecule has 1 heterocycles. The number of hydrogen-bond acceptors (Lipinski definition) is 2. The predicted octanol–water partition coefficient (Wildman–Crippen LogP) is 3.49. The number of rotatable bonds is 2. The fourth-order valence-electron chi connectivity index (χ4n) is 1.97. The van der Waals surface area contributed by atoms with Gasteiger partial charge in [0.2, 0.25) is 0 Å². The normalized spacial score (nSPS) is 20.6. The van der Waals surface area contributed by atoms with Gasteiger partial charge in [0.25, 0.3) is 0 Å². The van der Waals surface area contributed by atoms with Gasteiger partial charge in [-0.2, -0.15) is 0 Å². The van der Waals surface area contributed by atoms with Crippen molar-refractivity contribution in [1.29, 1.82) is 0 Å². The van der Waals surface area contributed by atoms with Crippen LogP contribution in [0.1, 0.15) is 32.8 Å². The first-order valence-electron chi connectivity index (χ1n) is 6.14. The summed E-state index contributed by atoms with van der Waals surface area (Å²) in [5, 5.41) is 3.31. The zero-order valence-electron chi connectivity index (χ0n) is 10.7. The lowest BCUT2D eigenvalue weighted by Gasteiger charge is -2.21. The van der Waals surface area contributed by atoms with Gasteiger partial charge in [0.15, 0.2) is 0 Å². The third-order valence-corrected chi connectivity index (χ3v) is 3.73. The van der Waals surface area contributed by atoms with Gasteiger partial charge in [-0.1, -0.05) is 26.8 Å². The summed E-state index contributed by atoms with van der Waals surface area (Å²) in [6, 6.07) is 6.39. The van der Waals surface area contributed by atoms with Crippen LogP contribution in [-0.2, 0) is 5.41 Å². The molecule has 0 aliphatic carbocycles. The van der Waals surface area contributed by atoms with Crippen LogP contribution in [0.25, 0.3) is 0 Å². The summed E-state index contributed by atoms with van der Waals surface area (Å²) < 4.78 is 7.02. The van der Waals surface area contributed by atoms with Crippen LogP contribution < -0.4 is 10.1 Å². The van der Waals surface area contributed by atoms with E-state index in [4.69, 9.17) is 4.74 Å². The average Bonchev–Trinajstić information content (AvgIpc) is 2.72. The zero-order valence-corrected chi connectivity index (χ0v) is 12.3. The van der Waals surface area contributed by atoms with Crippen molar-refractivity contribution in [1.82, 2.24) is 5.32 Å². The molecule has 0 aromatic heterocycles. The van der Waals surface area contributed by atoms with E-state index in [0.29, 0.717) is 6.10 Å². The van der Waals surface area contributed by atoms with Crippen LogP contribution in [-0.4, -0.2) is 19.2 Å². The molecule has 0 bridgehead atoms. The Morgan fingerprint density at radius 1 is 1.35 bits per heavy atom. The lowest BCUT2D eigenvalue weighted by molar-refractivity contribution is 0.221. The van der Waals surface area contributed by atoms with E-state index in [1.807, 2.05) is 0 Å². The second kappa shape index (κ2) is 4.99. The second-order valence-electron chi connectivity index (χ2n) is 5.63. The molecule has 0 saturated carbocycles. The van der Waals surface area contributed by atoms with E-state index in [0.717, 1.165) is 29.7 Å². The minimum atomic E-state index is 0.177. The van der Waals surface area contributed by atoms with Gasteiger partial charge in [-0.25, -0.2) is 0 Å². The van der Waals surface area contributed by atoms with Crippen LogP contribution in [0.15, 0.2) is 22.7 Å². The summed E-state index contributed by atoms with van der Waals surface area (Å²) in [5.74, 6) is 0.951. The number of hydrogen-bond donors (Lipinski definition) is 1. The summed E-state index contributed by atoms with van der Waals surface area (Å²) >= 11 is 3.60. The minimum Gasteiger partial charge on any atom is -0.488 e. The van der Waals surface area contributed by atoms with Crippen LogP contribution in [0.5, 0.6) is 5.75 Å². The molecule has 1 N–H and O–H groups in total. The average molecular weight is 298 g/mol. The molecule has 1 saturated heterocycles. The first kappa shape index (κ1) is 12.9. The standard InChI is InChI=1S/C14H20BrNO/c1-14(2,3)10-4-5-13(12(15)8-10)17-11-6-7-16-9-11/h4-5,8,11,16H,6-7,9H2,1-3H3. The van der Waals surface area contributed by atoms with E-state index in [1.54, 1.807) is 0 Å². The summed E-state index contributed by atoms with van der Waals surface area (Å²) in [5.41, 5.74) is 1.50. The first-order valence-corrected chi connectivity index (χ1v) is 6.93. The Balaban J connectivity index is 2.14. The van der Waals surface area contributed by atoms with Crippen LogP contribution in [0, 0.1) is 0 Å². The molecule has 2 rings (SSSR count). The topological polar surface area (TPSA) is 21.3 Å². The largest absolute Gasteiger partial charge is 0.488 e. The molecule has 94 valence electrons. The lowest BCUT2D eigenvalue weighted by Crippen LogP contribution is -2.20. The van der Waals surface area contributed by atoms with Crippen molar-refractivity contribution >= 4 is 15.9 Å². The monoisotopic (exact) mass is 297 g/mol. The molecule has 0 amide bonds. The molecule has 0 radical (unpaired) electrons. The van der Waals surface area contributed by atoms with Crippen LogP contribution >= 0.6 is 15.9 Å². The van der Waals surface area contributed by atoms with Gasteiger partial charge >= 0.3 is 0 Å². The molecule has 1 aromatic rings.